The molecule has 0 radical (unpaired) electrons. The number of anilines is 2. The molecule has 8 heteroatoms. The maximum absolute atomic E-state index is 13.6. The number of Topliss-reactive ketones (excluding diaryl/α,β-unsaturated/α-hetero) is 1. The fourth-order valence-electron chi connectivity index (χ4n) is 5.04. The van der Waals surface area contributed by atoms with Crippen molar-refractivity contribution in [3.05, 3.63) is 80.2 Å². The first-order chi connectivity index (χ1) is 15.3. The van der Waals surface area contributed by atoms with Crippen LogP contribution in [0.3, 0.4) is 0 Å². The van der Waals surface area contributed by atoms with E-state index in [0.717, 1.165) is 5.56 Å². The molecule has 160 valence electrons. The van der Waals surface area contributed by atoms with Crippen molar-refractivity contribution in [2.24, 2.45) is 5.73 Å². The highest BCUT2D eigenvalue weighted by molar-refractivity contribution is 6.36. The van der Waals surface area contributed by atoms with Crippen molar-refractivity contribution in [1.82, 2.24) is 0 Å². The average Bonchev–Trinajstić information content (AvgIpc) is 3.02. The number of hydrogen-bond acceptors (Lipinski definition) is 5. The molecule has 2 aromatic rings. The van der Waals surface area contributed by atoms with Gasteiger partial charge in [-0.15, -0.1) is 0 Å². The highest BCUT2D eigenvalue weighted by Crippen LogP contribution is 2.55. The molecule has 1 atom stereocenters. The third-order valence-corrected chi connectivity index (χ3v) is 6.87. The lowest BCUT2D eigenvalue weighted by Crippen LogP contribution is -2.50. The van der Waals surface area contributed by atoms with Crippen LogP contribution in [-0.4, -0.2) is 11.7 Å². The van der Waals surface area contributed by atoms with Crippen molar-refractivity contribution in [2.45, 2.75) is 31.6 Å². The molecule has 1 unspecified atom stereocenters. The van der Waals surface area contributed by atoms with E-state index < -0.39 is 11.3 Å². The maximum atomic E-state index is 13.6. The van der Waals surface area contributed by atoms with Crippen LogP contribution in [0.1, 0.15) is 30.4 Å². The molecule has 1 spiro atoms. The minimum Gasteiger partial charge on any atom is -0.384 e. The van der Waals surface area contributed by atoms with Crippen LogP contribution < -0.4 is 16.0 Å². The van der Waals surface area contributed by atoms with Gasteiger partial charge in [-0.05, 0) is 44.0 Å². The molecule has 1 aliphatic carbocycles. The normalized spacial score (nSPS) is 22.1. The molecular weight excluding hydrogens is 447 g/mol. The van der Waals surface area contributed by atoms with Gasteiger partial charge in [0.15, 0.2) is 5.78 Å². The number of ketones is 1. The van der Waals surface area contributed by atoms with Crippen molar-refractivity contribution in [3.8, 4) is 6.07 Å². The zero-order chi connectivity index (χ0) is 22.8. The lowest BCUT2D eigenvalue weighted by molar-refractivity contribution is -0.122. The molecular formula is C24H18Cl2N4O2. The summed E-state index contributed by atoms with van der Waals surface area (Å²) < 4.78 is 0. The Hall–Kier alpha value is -3.27. The zero-order valence-electron chi connectivity index (χ0n) is 17.1. The van der Waals surface area contributed by atoms with Gasteiger partial charge in [0.25, 0.3) is 0 Å². The van der Waals surface area contributed by atoms with Crippen LogP contribution in [0.4, 0.5) is 11.4 Å². The van der Waals surface area contributed by atoms with E-state index in [1.807, 2.05) is 19.1 Å². The molecule has 0 bridgehead atoms. The number of amides is 1. The second-order valence-corrected chi connectivity index (χ2v) is 9.00. The van der Waals surface area contributed by atoms with Gasteiger partial charge in [-0.25, -0.2) is 0 Å². The van der Waals surface area contributed by atoms with Gasteiger partial charge in [-0.3, -0.25) is 14.5 Å². The van der Waals surface area contributed by atoms with E-state index >= 15 is 0 Å². The van der Waals surface area contributed by atoms with Gasteiger partial charge >= 0.3 is 0 Å². The summed E-state index contributed by atoms with van der Waals surface area (Å²) in [5.74, 6) is -0.539. The van der Waals surface area contributed by atoms with Gasteiger partial charge in [0.2, 0.25) is 5.91 Å². The number of carbonyl (C=O) groups excluding carboxylic acids is 2. The number of aryl methyl sites for hydroxylation is 1. The second-order valence-electron chi connectivity index (χ2n) is 8.15. The maximum Gasteiger partial charge on any atom is 0.245 e. The van der Waals surface area contributed by atoms with Crippen LogP contribution in [-0.2, 0) is 15.0 Å². The summed E-state index contributed by atoms with van der Waals surface area (Å²) in [5.41, 5.74) is 8.48. The molecule has 0 saturated carbocycles. The lowest BCUT2D eigenvalue weighted by Gasteiger charge is -2.43. The number of nitrogens with zero attached hydrogens (tertiary/aromatic N) is 2. The highest BCUT2D eigenvalue weighted by Gasteiger charge is 2.60. The third kappa shape index (κ3) is 2.59. The molecule has 0 fully saturated rings. The van der Waals surface area contributed by atoms with Crippen molar-refractivity contribution >= 4 is 46.3 Å². The fourth-order valence-corrected chi connectivity index (χ4v) is 5.53. The predicted octanol–water partition coefficient (Wildman–Crippen LogP) is 4.71. The van der Waals surface area contributed by atoms with E-state index in [2.05, 4.69) is 11.4 Å². The number of rotatable bonds is 1. The van der Waals surface area contributed by atoms with Crippen molar-refractivity contribution in [2.75, 3.05) is 10.2 Å². The Labute approximate surface area is 194 Å². The lowest BCUT2D eigenvalue weighted by atomic mass is 9.63. The van der Waals surface area contributed by atoms with Crippen LogP contribution >= 0.6 is 23.2 Å². The predicted molar refractivity (Wildman–Crippen MR) is 123 cm³/mol. The van der Waals surface area contributed by atoms with Crippen molar-refractivity contribution < 1.29 is 9.59 Å². The highest BCUT2D eigenvalue weighted by atomic mass is 35.5. The number of allylic oxidation sites excluding steroid dienone is 1. The minimum absolute atomic E-state index is 0.0133. The van der Waals surface area contributed by atoms with E-state index in [1.54, 1.807) is 29.2 Å². The standard InChI is InChI=1S/C24H18Cl2N4O2/c1-12-5-7-17-14(9-12)24(23(32)29-17)15(11-27)22(28)30(18-8-6-13(25)10-16(18)26)19-3-2-4-20(31)21(19)24/h5-10H,2-4,28H2,1H3,(H,29,32). The summed E-state index contributed by atoms with van der Waals surface area (Å²) in [5, 5.41) is 13.9. The van der Waals surface area contributed by atoms with Crippen molar-refractivity contribution in [1.29, 1.82) is 5.26 Å². The zero-order valence-corrected chi connectivity index (χ0v) is 18.6. The van der Waals surface area contributed by atoms with Gasteiger partial charge in [0, 0.05) is 34.0 Å². The second kappa shape index (κ2) is 7.13. The Morgan fingerprint density at radius 3 is 2.66 bits per heavy atom. The molecule has 6 nitrogen and oxygen atoms in total. The first-order valence-corrected chi connectivity index (χ1v) is 10.9. The van der Waals surface area contributed by atoms with Gasteiger partial charge in [-0.1, -0.05) is 40.9 Å². The summed E-state index contributed by atoms with van der Waals surface area (Å²) in [6, 6.07) is 12.6. The molecule has 1 amide bonds. The van der Waals surface area contributed by atoms with E-state index in [9.17, 15) is 14.9 Å². The SMILES string of the molecule is Cc1ccc2c(c1)C1(C(=O)N2)C(C#N)=C(N)N(c2ccc(Cl)cc2Cl)C2=C1C(=O)CCC2. The smallest absolute Gasteiger partial charge is 0.245 e. The van der Waals surface area contributed by atoms with Gasteiger partial charge in [0.05, 0.1) is 16.3 Å². The molecule has 2 aromatic carbocycles. The topological polar surface area (TPSA) is 99.2 Å². The van der Waals surface area contributed by atoms with E-state index in [0.29, 0.717) is 51.1 Å². The number of fused-ring (bicyclic) bond motifs is 3. The quantitative estimate of drug-likeness (QED) is 0.636. The Morgan fingerprint density at radius 1 is 1.16 bits per heavy atom. The van der Waals surface area contributed by atoms with Crippen LogP contribution in [0.25, 0.3) is 0 Å². The molecule has 2 heterocycles. The first-order valence-electron chi connectivity index (χ1n) is 10.2. The molecule has 5 rings (SSSR count). The van der Waals surface area contributed by atoms with E-state index in [4.69, 9.17) is 28.9 Å². The molecule has 3 N–H and O–H groups in total. The van der Waals surface area contributed by atoms with Crippen LogP contribution in [0, 0.1) is 18.3 Å². The molecule has 0 saturated heterocycles. The summed E-state index contributed by atoms with van der Waals surface area (Å²) in [4.78, 5) is 28.6. The van der Waals surface area contributed by atoms with Gasteiger partial charge in [-0.2, -0.15) is 5.26 Å². The Morgan fingerprint density at radius 2 is 1.94 bits per heavy atom. The number of carbonyl (C=O) groups is 2. The molecule has 32 heavy (non-hydrogen) atoms. The first kappa shape index (κ1) is 20.6. The Bertz CT molecular complexity index is 1340. The van der Waals surface area contributed by atoms with Crippen LogP contribution in [0.5, 0.6) is 0 Å². The molecule has 3 aliphatic rings. The molecule has 2 aliphatic heterocycles. The number of benzene rings is 2. The fraction of sp³-hybridized carbons (Fsp3) is 0.208. The minimum atomic E-state index is -1.58. The van der Waals surface area contributed by atoms with Crippen molar-refractivity contribution in [3.63, 3.8) is 0 Å². The largest absolute Gasteiger partial charge is 0.384 e. The summed E-state index contributed by atoms with van der Waals surface area (Å²) in [7, 11) is 0. The van der Waals surface area contributed by atoms with E-state index in [1.165, 1.54) is 0 Å². The Kier molecular flexibility index (Phi) is 4.59. The summed E-state index contributed by atoms with van der Waals surface area (Å²) in [6.07, 6.45) is 1.40. The molecule has 0 aromatic heterocycles. The summed E-state index contributed by atoms with van der Waals surface area (Å²) in [6.45, 7) is 1.90. The van der Waals surface area contributed by atoms with Crippen LogP contribution in [0.2, 0.25) is 10.0 Å². The number of halogens is 2. The average molecular weight is 465 g/mol. The Balaban J connectivity index is 1.90. The van der Waals surface area contributed by atoms with E-state index in [-0.39, 0.29) is 23.6 Å². The number of nitrogens with two attached hydrogens (primary N) is 1. The number of nitrogens with one attached hydrogen (secondary N) is 1. The van der Waals surface area contributed by atoms with Gasteiger partial charge in [0.1, 0.15) is 17.3 Å². The van der Waals surface area contributed by atoms with Crippen LogP contribution in [0.15, 0.2) is 59.1 Å². The summed E-state index contributed by atoms with van der Waals surface area (Å²) >= 11 is 12.6. The monoisotopic (exact) mass is 464 g/mol. The number of hydrogen-bond donors (Lipinski definition) is 2. The third-order valence-electron chi connectivity index (χ3n) is 6.33. The number of nitriles is 1. The van der Waals surface area contributed by atoms with Gasteiger partial charge < -0.3 is 11.1 Å².